The second-order valence-electron chi connectivity index (χ2n) is 6.99. The molecule has 2 heterocycles. The Morgan fingerprint density at radius 2 is 1.93 bits per heavy atom. The fourth-order valence-electron chi connectivity index (χ4n) is 3.70. The molecule has 27 heavy (non-hydrogen) atoms. The van der Waals surface area contributed by atoms with Crippen molar-refractivity contribution < 1.29 is 14.3 Å². The highest BCUT2D eigenvalue weighted by Gasteiger charge is 2.22. The van der Waals surface area contributed by atoms with Gasteiger partial charge >= 0.3 is 0 Å². The largest absolute Gasteiger partial charge is 0.454 e. The van der Waals surface area contributed by atoms with Gasteiger partial charge in [-0.25, -0.2) is 0 Å². The first-order valence-corrected chi connectivity index (χ1v) is 9.38. The fourth-order valence-corrected chi connectivity index (χ4v) is 3.70. The van der Waals surface area contributed by atoms with E-state index in [1.807, 2.05) is 29.2 Å². The van der Waals surface area contributed by atoms with E-state index >= 15 is 0 Å². The maximum Gasteiger partial charge on any atom is 0.246 e. The molecule has 1 saturated heterocycles. The third kappa shape index (κ3) is 3.98. The lowest BCUT2D eigenvalue weighted by Crippen LogP contribution is -2.36. The van der Waals surface area contributed by atoms with E-state index in [-0.39, 0.29) is 12.7 Å². The third-order valence-corrected chi connectivity index (χ3v) is 5.28. The minimum atomic E-state index is 0.0572. The summed E-state index contributed by atoms with van der Waals surface area (Å²) in [4.78, 5) is 14.4. The van der Waals surface area contributed by atoms with Crippen LogP contribution in [-0.2, 0) is 11.3 Å². The average molecular weight is 364 g/mol. The van der Waals surface area contributed by atoms with Crippen LogP contribution in [0.4, 0.5) is 0 Å². The highest BCUT2D eigenvalue weighted by molar-refractivity contribution is 5.92. The number of likely N-dealkylation sites (tertiary alicyclic amines) is 1. The Hall–Kier alpha value is -2.79. The fraction of sp³-hybridized carbons (Fsp3) is 0.318. The molecule has 0 bridgehead atoms. The number of nitrogens with zero attached hydrogens (tertiary/aromatic N) is 1. The van der Waals surface area contributed by atoms with Gasteiger partial charge in [-0.05, 0) is 53.7 Å². The van der Waals surface area contributed by atoms with Gasteiger partial charge < -0.3 is 20.1 Å². The molecular weight excluding hydrogens is 340 g/mol. The molecule has 2 N–H and O–H groups in total. The molecule has 5 nitrogen and oxygen atoms in total. The molecule has 5 heteroatoms. The summed E-state index contributed by atoms with van der Waals surface area (Å²) < 4.78 is 10.7. The number of amides is 1. The summed E-state index contributed by atoms with van der Waals surface area (Å²) in [6.45, 7) is 2.38. The molecule has 1 amide bonds. The normalized spacial score (nSPS) is 16.9. The lowest BCUT2D eigenvalue weighted by atomic mass is 9.88. The molecule has 2 aliphatic heterocycles. The summed E-state index contributed by atoms with van der Waals surface area (Å²) in [5.74, 6) is 2.03. The van der Waals surface area contributed by atoms with E-state index in [9.17, 15) is 4.79 Å². The Balaban J connectivity index is 1.34. The Morgan fingerprint density at radius 3 is 2.74 bits per heavy atom. The van der Waals surface area contributed by atoms with Gasteiger partial charge in [0.15, 0.2) is 11.5 Å². The van der Waals surface area contributed by atoms with Crippen LogP contribution >= 0.6 is 0 Å². The van der Waals surface area contributed by atoms with Gasteiger partial charge in [0.25, 0.3) is 0 Å². The van der Waals surface area contributed by atoms with E-state index in [0.717, 1.165) is 48.6 Å². The Morgan fingerprint density at radius 1 is 1.11 bits per heavy atom. The smallest absolute Gasteiger partial charge is 0.246 e. The molecule has 2 aromatic rings. The number of ether oxygens (including phenoxy) is 2. The van der Waals surface area contributed by atoms with Gasteiger partial charge in [-0.2, -0.15) is 0 Å². The van der Waals surface area contributed by atoms with Gasteiger partial charge in [-0.1, -0.05) is 30.3 Å². The molecule has 0 radical (unpaired) electrons. The summed E-state index contributed by atoms with van der Waals surface area (Å²) in [5.41, 5.74) is 9.18. The zero-order valence-electron chi connectivity index (χ0n) is 15.3. The molecule has 0 saturated carbocycles. The number of carbonyl (C=O) groups is 1. The molecule has 140 valence electrons. The highest BCUT2D eigenvalue weighted by Crippen LogP contribution is 2.33. The van der Waals surface area contributed by atoms with Crippen LogP contribution in [0.1, 0.15) is 35.4 Å². The summed E-state index contributed by atoms with van der Waals surface area (Å²) in [6, 6.07) is 14.2. The average Bonchev–Trinajstić information content (AvgIpc) is 3.20. The first-order chi connectivity index (χ1) is 13.2. The van der Waals surface area contributed by atoms with E-state index in [4.69, 9.17) is 15.2 Å². The van der Waals surface area contributed by atoms with Crippen molar-refractivity contribution in [2.45, 2.75) is 25.3 Å². The maximum atomic E-state index is 12.5. The lowest BCUT2D eigenvalue weighted by Gasteiger charge is -2.31. The van der Waals surface area contributed by atoms with Gasteiger partial charge in [0.2, 0.25) is 12.7 Å². The molecule has 0 aliphatic carbocycles. The molecule has 0 spiro atoms. The number of fused-ring (bicyclic) bond motifs is 1. The van der Waals surface area contributed by atoms with Crippen LogP contribution in [-0.4, -0.2) is 30.7 Å². The van der Waals surface area contributed by atoms with Crippen molar-refractivity contribution in [3.05, 3.63) is 65.2 Å². The molecular formula is C22H24N2O3. The number of piperidine rings is 1. The van der Waals surface area contributed by atoms with Crippen molar-refractivity contribution in [2.24, 2.45) is 5.73 Å². The number of benzene rings is 2. The quantitative estimate of drug-likeness (QED) is 0.846. The summed E-state index contributed by atoms with van der Waals surface area (Å²) >= 11 is 0. The van der Waals surface area contributed by atoms with Crippen LogP contribution in [0.5, 0.6) is 11.5 Å². The number of carbonyl (C=O) groups excluding carboxylic acids is 1. The molecule has 1 fully saturated rings. The predicted molar refractivity (Wildman–Crippen MR) is 104 cm³/mol. The minimum absolute atomic E-state index is 0.0572. The number of hydrogen-bond donors (Lipinski definition) is 1. The van der Waals surface area contributed by atoms with Crippen LogP contribution < -0.4 is 15.2 Å². The lowest BCUT2D eigenvalue weighted by molar-refractivity contribution is -0.126. The number of nitrogens with two attached hydrogens (primary N) is 1. The zero-order chi connectivity index (χ0) is 18.6. The maximum absolute atomic E-state index is 12.5. The van der Waals surface area contributed by atoms with Crippen LogP contribution in [0, 0.1) is 0 Å². The Kier molecular flexibility index (Phi) is 5.12. The summed E-state index contributed by atoms with van der Waals surface area (Å²) in [7, 11) is 0. The first kappa shape index (κ1) is 17.6. The number of rotatable bonds is 4. The standard InChI is InChI=1S/C22H24N2O3/c23-14-17-2-1-3-19(12-17)18-8-10-24(11-9-18)22(25)7-5-16-4-6-20-21(13-16)27-15-26-20/h1-7,12-13,18H,8-11,14-15,23H2/b7-5+. The monoisotopic (exact) mass is 364 g/mol. The summed E-state index contributed by atoms with van der Waals surface area (Å²) in [5, 5.41) is 0. The molecule has 0 atom stereocenters. The second kappa shape index (κ2) is 7.84. The Labute approximate surface area is 159 Å². The van der Waals surface area contributed by atoms with Gasteiger partial charge in [0.05, 0.1) is 0 Å². The molecule has 2 aliphatic rings. The molecule has 2 aromatic carbocycles. The highest BCUT2D eigenvalue weighted by atomic mass is 16.7. The van der Waals surface area contributed by atoms with E-state index in [0.29, 0.717) is 12.5 Å². The van der Waals surface area contributed by atoms with Gasteiger partial charge in [-0.15, -0.1) is 0 Å². The molecule has 4 rings (SSSR count). The van der Waals surface area contributed by atoms with Crippen molar-refractivity contribution in [2.75, 3.05) is 19.9 Å². The van der Waals surface area contributed by atoms with Gasteiger partial charge in [0.1, 0.15) is 0 Å². The SMILES string of the molecule is NCc1cccc(C2CCN(C(=O)/C=C/c3ccc4c(c3)OCO4)CC2)c1. The van der Waals surface area contributed by atoms with Crippen molar-refractivity contribution >= 4 is 12.0 Å². The van der Waals surface area contributed by atoms with E-state index in [2.05, 4.69) is 24.3 Å². The van der Waals surface area contributed by atoms with Crippen molar-refractivity contribution in [3.63, 3.8) is 0 Å². The van der Waals surface area contributed by atoms with Crippen molar-refractivity contribution in [1.82, 2.24) is 4.90 Å². The van der Waals surface area contributed by atoms with Crippen molar-refractivity contribution in [1.29, 1.82) is 0 Å². The zero-order valence-corrected chi connectivity index (χ0v) is 15.3. The van der Waals surface area contributed by atoms with E-state index in [1.54, 1.807) is 6.08 Å². The van der Waals surface area contributed by atoms with Gasteiger partial charge in [-0.3, -0.25) is 4.79 Å². The van der Waals surface area contributed by atoms with Crippen molar-refractivity contribution in [3.8, 4) is 11.5 Å². The van der Waals surface area contributed by atoms with Crippen LogP contribution in [0.15, 0.2) is 48.5 Å². The summed E-state index contributed by atoms with van der Waals surface area (Å²) in [6.07, 6.45) is 5.45. The van der Waals surface area contributed by atoms with Gasteiger partial charge in [0, 0.05) is 25.7 Å². The third-order valence-electron chi connectivity index (χ3n) is 5.28. The van der Waals surface area contributed by atoms with Crippen LogP contribution in [0.3, 0.4) is 0 Å². The Bertz CT molecular complexity index is 854. The topological polar surface area (TPSA) is 64.8 Å². The van der Waals surface area contributed by atoms with Crippen LogP contribution in [0.25, 0.3) is 6.08 Å². The first-order valence-electron chi connectivity index (χ1n) is 9.38. The minimum Gasteiger partial charge on any atom is -0.454 e. The van der Waals surface area contributed by atoms with E-state index < -0.39 is 0 Å². The predicted octanol–water partition coefficient (Wildman–Crippen LogP) is 3.29. The van der Waals surface area contributed by atoms with E-state index in [1.165, 1.54) is 5.56 Å². The number of hydrogen-bond acceptors (Lipinski definition) is 4. The van der Waals surface area contributed by atoms with Crippen LogP contribution in [0.2, 0.25) is 0 Å². The molecule has 0 aromatic heterocycles. The molecule has 0 unspecified atom stereocenters. The second-order valence-corrected chi connectivity index (χ2v) is 6.99.